The zero-order chi connectivity index (χ0) is 22.4. The maximum Gasteiger partial charge on any atom is 0.280 e. The molecule has 9 nitrogen and oxygen atoms in total. The molecule has 0 spiro atoms. The number of rotatable bonds is 9. The zero-order valence-corrected chi connectivity index (χ0v) is 18.5. The smallest absolute Gasteiger partial charge is 0.280 e. The van der Waals surface area contributed by atoms with Gasteiger partial charge in [-0.25, -0.2) is 13.4 Å². The van der Waals surface area contributed by atoms with Crippen LogP contribution in [0.25, 0.3) is 0 Å². The molecule has 1 aromatic heterocycles. The van der Waals surface area contributed by atoms with Crippen molar-refractivity contribution in [1.29, 1.82) is 0 Å². The number of sulfone groups is 1. The number of carbonyl (C=O) groups excluding carboxylic acids is 1. The molecule has 1 N–H and O–H groups in total. The van der Waals surface area contributed by atoms with E-state index in [1.807, 2.05) is 0 Å². The summed E-state index contributed by atoms with van der Waals surface area (Å²) >= 11 is 0.664. The van der Waals surface area contributed by atoms with E-state index in [9.17, 15) is 17.6 Å². The number of hydrogen-bond acceptors (Lipinski definition) is 9. The second-order valence-electron chi connectivity index (χ2n) is 6.79. The monoisotopic (exact) mass is 471 g/mol. The Morgan fingerprint density at radius 3 is 2.74 bits per heavy atom. The molecule has 1 fully saturated rings. The van der Waals surface area contributed by atoms with Crippen LogP contribution in [-0.2, 0) is 28.9 Å². The van der Waals surface area contributed by atoms with Crippen molar-refractivity contribution >= 4 is 37.9 Å². The molecule has 0 bridgehead atoms. The van der Waals surface area contributed by atoms with E-state index in [4.69, 9.17) is 14.3 Å². The van der Waals surface area contributed by atoms with Gasteiger partial charge in [0.05, 0.1) is 29.6 Å². The van der Waals surface area contributed by atoms with E-state index in [0.29, 0.717) is 29.9 Å². The fourth-order valence-corrected chi connectivity index (χ4v) is 4.98. The standard InChI is InChI=1S/C19H22FN3O6S2/c1-12(10-27-2)29-23-17(18(24)22-19-21-9-16(20)30-19)13-3-5-14(6-4-13)31(25,26)15-7-8-28-11-15/h3-6,9,12,15H,7-8,10-11H2,1-2H3,(H,21,22,24)/t12-,15+/m1/s1. The van der Waals surface area contributed by atoms with Crippen LogP contribution in [0.4, 0.5) is 9.52 Å². The fourth-order valence-electron chi connectivity index (χ4n) is 2.85. The van der Waals surface area contributed by atoms with Gasteiger partial charge in [0.1, 0.15) is 6.10 Å². The Morgan fingerprint density at radius 2 is 2.16 bits per heavy atom. The number of aromatic nitrogens is 1. The van der Waals surface area contributed by atoms with Crippen LogP contribution >= 0.6 is 11.3 Å². The molecule has 1 aliphatic rings. The lowest BCUT2D eigenvalue weighted by Gasteiger charge is -2.12. The number of ether oxygens (including phenoxy) is 2. The van der Waals surface area contributed by atoms with Crippen LogP contribution in [0.3, 0.4) is 0 Å². The van der Waals surface area contributed by atoms with Crippen molar-refractivity contribution in [2.24, 2.45) is 5.16 Å². The largest absolute Gasteiger partial charge is 0.390 e. The molecule has 0 saturated carbocycles. The van der Waals surface area contributed by atoms with Gasteiger partial charge in [-0.1, -0.05) is 28.6 Å². The highest BCUT2D eigenvalue weighted by molar-refractivity contribution is 7.92. The van der Waals surface area contributed by atoms with Gasteiger partial charge in [0.25, 0.3) is 5.91 Å². The molecular weight excluding hydrogens is 449 g/mol. The van der Waals surface area contributed by atoms with Crippen LogP contribution in [0.15, 0.2) is 40.5 Å². The summed E-state index contributed by atoms with van der Waals surface area (Å²) in [5, 5.41) is 5.30. The van der Waals surface area contributed by atoms with E-state index in [0.717, 1.165) is 6.20 Å². The molecule has 0 unspecified atom stereocenters. The minimum Gasteiger partial charge on any atom is -0.390 e. The molecule has 0 aliphatic carbocycles. The van der Waals surface area contributed by atoms with Gasteiger partial charge in [0.15, 0.2) is 25.8 Å². The third kappa shape index (κ3) is 5.85. The number of thiazole rings is 1. The van der Waals surface area contributed by atoms with Crippen molar-refractivity contribution in [3.8, 4) is 0 Å². The molecule has 12 heteroatoms. The van der Waals surface area contributed by atoms with Gasteiger partial charge in [0.2, 0.25) is 0 Å². The second-order valence-corrected chi connectivity index (χ2v) is 10.00. The van der Waals surface area contributed by atoms with Crippen LogP contribution < -0.4 is 5.32 Å². The van der Waals surface area contributed by atoms with Crippen molar-refractivity contribution in [3.63, 3.8) is 0 Å². The molecule has 1 aromatic carbocycles. The van der Waals surface area contributed by atoms with Crippen molar-refractivity contribution < 1.29 is 31.9 Å². The topological polar surface area (TPSA) is 116 Å². The lowest BCUT2D eigenvalue weighted by atomic mass is 10.1. The number of halogens is 1. The highest BCUT2D eigenvalue weighted by Gasteiger charge is 2.31. The Hall–Kier alpha value is -2.41. The van der Waals surface area contributed by atoms with Crippen LogP contribution in [-0.4, -0.2) is 63.3 Å². The van der Waals surface area contributed by atoms with E-state index in [1.165, 1.54) is 31.4 Å². The normalized spacial score (nSPS) is 18.0. The number of nitrogens with one attached hydrogen (secondary N) is 1. The zero-order valence-electron chi connectivity index (χ0n) is 16.9. The number of carbonyl (C=O) groups is 1. The Kier molecular flexibility index (Phi) is 7.70. The van der Waals surface area contributed by atoms with E-state index in [2.05, 4.69) is 15.5 Å². The lowest BCUT2D eigenvalue weighted by Crippen LogP contribution is -2.26. The molecule has 2 heterocycles. The third-order valence-corrected chi connectivity index (χ3v) is 7.30. The number of amides is 1. The Bertz CT molecular complexity index is 1030. The highest BCUT2D eigenvalue weighted by Crippen LogP contribution is 2.23. The van der Waals surface area contributed by atoms with Gasteiger partial charge in [-0.15, -0.1) is 0 Å². The van der Waals surface area contributed by atoms with E-state index >= 15 is 0 Å². The number of methoxy groups -OCH3 is 1. The molecule has 2 atom stereocenters. The summed E-state index contributed by atoms with van der Waals surface area (Å²) in [6, 6.07) is 5.75. The Morgan fingerprint density at radius 1 is 1.42 bits per heavy atom. The van der Waals surface area contributed by atoms with Gasteiger partial charge in [-0.3, -0.25) is 10.1 Å². The molecule has 31 heavy (non-hydrogen) atoms. The van der Waals surface area contributed by atoms with Crippen molar-refractivity contribution in [2.45, 2.75) is 29.6 Å². The summed E-state index contributed by atoms with van der Waals surface area (Å²) < 4.78 is 48.8. The van der Waals surface area contributed by atoms with E-state index in [1.54, 1.807) is 6.92 Å². The van der Waals surface area contributed by atoms with Crippen molar-refractivity contribution in [3.05, 3.63) is 41.2 Å². The summed E-state index contributed by atoms with van der Waals surface area (Å²) in [6.07, 6.45) is 0.988. The fraction of sp³-hybridized carbons (Fsp3) is 0.421. The molecule has 1 saturated heterocycles. The van der Waals surface area contributed by atoms with Gasteiger partial charge in [-0.2, -0.15) is 4.39 Å². The van der Waals surface area contributed by atoms with E-state index < -0.39 is 32.2 Å². The minimum atomic E-state index is -3.54. The van der Waals surface area contributed by atoms with Crippen LogP contribution in [0, 0.1) is 5.13 Å². The Labute approximate surface area is 183 Å². The Balaban J connectivity index is 1.85. The summed E-state index contributed by atoms with van der Waals surface area (Å²) in [4.78, 5) is 21.9. The molecule has 3 rings (SSSR count). The number of nitrogens with zero attached hydrogens (tertiary/aromatic N) is 2. The third-order valence-electron chi connectivity index (χ3n) is 4.42. The van der Waals surface area contributed by atoms with Gasteiger partial charge < -0.3 is 14.3 Å². The summed E-state index contributed by atoms with van der Waals surface area (Å²) in [7, 11) is -2.04. The van der Waals surface area contributed by atoms with Crippen LogP contribution in [0.5, 0.6) is 0 Å². The van der Waals surface area contributed by atoms with Gasteiger partial charge in [-0.05, 0) is 25.5 Å². The first-order chi connectivity index (χ1) is 14.8. The number of oxime groups is 1. The first-order valence-electron chi connectivity index (χ1n) is 9.38. The lowest BCUT2D eigenvalue weighted by molar-refractivity contribution is -0.110. The number of anilines is 1. The van der Waals surface area contributed by atoms with Crippen LogP contribution in [0.2, 0.25) is 0 Å². The number of hydrogen-bond donors (Lipinski definition) is 1. The quantitative estimate of drug-likeness (QED) is 0.440. The SMILES string of the molecule is COC[C@@H](C)ON=C(C(=O)Nc1ncc(F)s1)c1ccc(S(=O)(=O)[C@H]2CCOC2)cc1. The predicted octanol–water partition coefficient (Wildman–Crippen LogP) is 2.24. The molecule has 1 amide bonds. The molecule has 0 radical (unpaired) electrons. The summed E-state index contributed by atoms with van der Waals surface area (Å²) in [6.45, 7) is 2.52. The molecule has 1 aliphatic heterocycles. The van der Waals surface area contributed by atoms with Gasteiger partial charge >= 0.3 is 0 Å². The molecule has 2 aromatic rings. The summed E-state index contributed by atoms with van der Waals surface area (Å²) in [5.41, 5.74) is 0.201. The van der Waals surface area contributed by atoms with Crippen molar-refractivity contribution in [1.82, 2.24) is 4.98 Å². The first kappa shape index (κ1) is 23.3. The average molecular weight is 472 g/mol. The minimum absolute atomic E-state index is 0.0561. The summed E-state index contributed by atoms with van der Waals surface area (Å²) in [5.74, 6) is -0.682. The van der Waals surface area contributed by atoms with Crippen molar-refractivity contribution in [2.75, 3.05) is 32.2 Å². The maximum absolute atomic E-state index is 13.2. The van der Waals surface area contributed by atoms with Gasteiger partial charge in [0, 0.05) is 19.3 Å². The predicted molar refractivity (Wildman–Crippen MR) is 113 cm³/mol. The molecule has 168 valence electrons. The number of benzene rings is 1. The van der Waals surface area contributed by atoms with Crippen LogP contribution in [0.1, 0.15) is 18.9 Å². The average Bonchev–Trinajstić information content (AvgIpc) is 3.41. The second kappa shape index (κ2) is 10.3. The van der Waals surface area contributed by atoms with E-state index in [-0.39, 0.29) is 29.0 Å². The first-order valence-corrected chi connectivity index (χ1v) is 11.7. The maximum atomic E-state index is 13.2. The molecular formula is C19H22FN3O6S2. The highest BCUT2D eigenvalue weighted by atomic mass is 32.2.